The minimum atomic E-state index is 0. The van der Waals surface area contributed by atoms with Crippen molar-refractivity contribution in [3.63, 3.8) is 0 Å². The lowest BCUT2D eigenvalue weighted by molar-refractivity contribution is 0.344. The van der Waals surface area contributed by atoms with Gasteiger partial charge in [-0.3, -0.25) is 0 Å². The molecular weight excluding hydrogens is 134 g/mol. The molecule has 0 heterocycles. The predicted molar refractivity (Wildman–Crippen MR) is 42.9 cm³/mol. The molecular formula is C7H16ClN. The van der Waals surface area contributed by atoms with Crippen molar-refractivity contribution in [2.45, 2.75) is 38.6 Å². The molecule has 0 aliphatic heterocycles. The highest BCUT2D eigenvalue weighted by molar-refractivity contribution is 5.85. The van der Waals surface area contributed by atoms with Crippen LogP contribution in [0.4, 0.5) is 0 Å². The molecule has 1 fully saturated rings. The minimum Gasteiger partial charge on any atom is -0.328 e. The first-order valence-corrected chi connectivity index (χ1v) is 3.54. The quantitative estimate of drug-likeness (QED) is 0.560. The van der Waals surface area contributed by atoms with E-state index in [9.17, 15) is 0 Å². The van der Waals surface area contributed by atoms with E-state index in [-0.39, 0.29) is 12.4 Å². The Balaban J connectivity index is 0.000000640. The highest BCUT2D eigenvalue weighted by atomic mass is 35.5. The smallest absolute Gasteiger partial charge is 0.00413 e. The third-order valence-electron chi connectivity index (χ3n) is 1.98. The van der Waals surface area contributed by atoms with E-state index in [0.29, 0.717) is 6.04 Å². The maximum absolute atomic E-state index is 5.73. The molecule has 2 N–H and O–H groups in total. The second-order valence-electron chi connectivity index (χ2n) is 3.03. The van der Waals surface area contributed by atoms with Crippen LogP contribution >= 0.6 is 12.4 Å². The first-order valence-electron chi connectivity index (χ1n) is 3.54. The average molecular weight is 150 g/mol. The monoisotopic (exact) mass is 149 g/mol. The van der Waals surface area contributed by atoms with Gasteiger partial charge in [-0.1, -0.05) is 19.8 Å². The fraction of sp³-hybridized carbons (Fsp3) is 1.00. The Hall–Kier alpha value is 0.250. The van der Waals surface area contributed by atoms with Crippen LogP contribution in [0.5, 0.6) is 0 Å². The fourth-order valence-electron chi connectivity index (χ4n) is 1.48. The van der Waals surface area contributed by atoms with Crippen molar-refractivity contribution < 1.29 is 0 Å². The van der Waals surface area contributed by atoms with Gasteiger partial charge in [0.05, 0.1) is 0 Å². The van der Waals surface area contributed by atoms with Gasteiger partial charge in [-0.2, -0.15) is 0 Å². The summed E-state index contributed by atoms with van der Waals surface area (Å²) in [5.74, 6) is 0.888. The van der Waals surface area contributed by atoms with Crippen molar-refractivity contribution in [3.8, 4) is 0 Å². The lowest BCUT2D eigenvalue weighted by Gasteiger charge is -2.22. The number of hydrogen-bond acceptors (Lipinski definition) is 1. The van der Waals surface area contributed by atoms with Crippen molar-refractivity contribution in [1.82, 2.24) is 0 Å². The molecule has 1 nitrogen and oxygen atoms in total. The Morgan fingerprint density at radius 2 is 2.00 bits per heavy atom. The third kappa shape index (κ3) is 3.07. The fourth-order valence-corrected chi connectivity index (χ4v) is 1.48. The standard InChI is InChI=1S/C7H15N.ClH/c1-6-3-2-4-7(8)5-6;/h6-7H,2-5,8H2,1H3;1H/t6-,7+;/m1./s1. The summed E-state index contributed by atoms with van der Waals surface area (Å²) in [7, 11) is 0. The average Bonchev–Trinajstić information content (AvgIpc) is 1.64. The highest BCUT2D eigenvalue weighted by Gasteiger charge is 2.13. The number of halogens is 1. The van der Waals surface area contributed by atoms with Crippen molar-refractivity contribution in [2.24, 2.45) is 11.7 Å². The van der Waals surface area contributed by atoms with Gasteiger partial charge in [-0.05, 0) is 18.8 Å². The van der Waals surface area contributed by atoms with E-state index in [1.165, 1.54) is 25.7 Å². The maximum atomic E-state index is 5.73. The molecule has 0 spiro atoms. The molecule has 0 aromatic rings. The van der Waals surface area contributed by atoms with Crippen LogP contribution in [0, 0.1) is 5.92 Å². The summed E-state index contributed by atoms with van der Waals surface area (Å²) in [4.78, 5) is 0. The van der Waals surface area contributed by atoms with E-state index in [1.807, 2.05) is 0 Å². The van der Waals surface area contributed by atoms with Crippen LogP contribution in [0.15, 0.2) is 0 Å². The molecule has 1 aliphatic carbocycles. The van der Waals surface area contributed by atoms with Crippen LogP contribution in [0.25, 0.3) is 0 Å². The largest absolute Gasteiger partial charge is 0.328 e. The first-order chi connectivity index (χ1) is 3.79. The van der Waals surface area contributed by atoms with Crippen LogP contribution in [0.1, 0.15) is 32.6 Å². The second kappa shape index (κ2) is 4.13. The molecule has 0 radical (unpaired) electrons. The Bertz CT molecular complexity index is 67.3. The van der Waals surface area contributed by atoms with Gasteiger partial charge >= 0.3 is 0 Å². The summed E-state index contributed by atoms with van der Waals surface area (Å²) < 4.78 is 0. The summed E-state index contributed by atoms with van der Waals surface area (Å²) in [5.41, 5.74) is 5.73. The molecule has 0 aromatic carbocycles. The summed E-state index contributed by atoms with van der Waals surface area (Å²) in [6.07, 6.45) is 5.25. The first kappa shape index (κ1) is 9.25. The van der Waals surface area contributed by atoms with E-state index < -0.39 is 0 Å². The molecule has 0 bridgehead atoms. The Labute approximate surface area is 63.4 Å². The molecule has 0 aromatic heterocycles. The topological polar surface area (TPSA) is 26.0 Å². The molecule has 1 aliphatic rings. The predicted octanol–water partition coefficient (Wildman–Crippen LogP) is 1.95. The molecule has 1 saturated carbocycles. The van der Waals surface area contributed by atoms with Gasteiger partial charge in [0.25, 0.3) is 0 Å². The highest BCUT2D eigenvalue weighted by Crippen LogP contribution is 2.21. The van der Waals surface area contributed by atoms with Crippen molar-refractivity contribution >= 4 is 12.4 Å². The van der Waals surface area contributed by atoms with Gasteiger partial charge in [-0.25, -0.2) is 0 Å². The lowest BCUT2D eigenvalue weighted by atomic mass is 9.88. The van der Waals surface area contributed by atoms with E-state index in [2.05, 4.69) is 6.92 Å². The number of rotatable bonds is 0. The van der Waals surface area contributed by atoms with Gasteiger partial charge in [0, 0.05) is 6.04 Å². The van der Waals surface area contributed by atoms with Crippen molar-refractivity contribution in [1.29, 1.82) is 0 Å². The van der Waals surface area contributed by atoms with Gasteiger partial charge in [-0.15, -0.1) is 12.4 Å². The Kier molecular flexibility index (Phi) is 4.24. The SMILES string of the molecule is C[C@@H]1CCC[C@H](N)C1.Cl. The second-order valence-corrected chi connectivity index (χ2v) is 3.03. The van der Waals surface area contributed by atoms with E-state index in [1.54, 1.807) is 0 Å². The zero-order valence-corrected chi connectivity index (χ0v) is 6.79. The van der Waals surface area contributed by atoms with Crippen LogP contribution < -0.4 is 5.73 Å². The Morgan fingerprint density at radius 3 is 2.33 bits per heavy atom. The van der Waals surface area contributed by atoms with Crippen LogP contribution in [-0.4, -0.2) is 6.04 Å². The van der Waals surface area contributed by atoms with Crippen LogP contribution in [-0.2, 0) is 0 Å². The molecule has 0 unspecified atom stereocenters. The van der Waals surface area contributed by atoms with Gasteiger partial charge in [0.2, 0.25) is 0 Å². The number of hydrogen-bond donors (Lipinski definition) is 1. The van der Waals surface area contributed by atoms with E-state index in [0.717, 1.165) is 5.92 Å². The molecule has 0 amide bonds. The minimum absolute atomic E-state index is 0. The molecule has 9 heavy (non-hydrogen) atoms. The zero-order chi connectivity index (χ0) is 5.98. The normalized spacial score (nSPS) is 35.3. The molecule has 56 valence electrons. The van der Waals surface area contributed by atoms with Crippen LogP contribution in [0.2, 0.25) is 0 Å². The summed E-state index contributed by atoms with van der Waals surface area (Å²) in [5, 5.41) is 0. The Morgan fingerprint density at radius 1 is 1.33 bits per heavy atom. The number of nitrogens with two attached hydrogens (primary N) is 1. The summed E-state index contributed by atoms with van der Waals surface area (Å²) in [6.45, 7) is 2.29. The molecule has 0 saturated heterocycles. The molecule has 1 rings (SSSR count). The summed E-state index contributed by atoms with van der Waals surface area (Å²) in [6, 6.07) is 0.513. The maximum Gasteiger partial charge on any atom is 0.00413 e. The molecule has 2 heteroatoms. The van der Waals surface area contributed by atoms with Crippen molar-refractivity contribution in [3.05, 3.63) is 0 Å². The van der Waals surface area contributed by atoms with Crippen molar-refractivity contribution in [2.75, 3.05) is 0 Å². The van der Waals surface area contributed by atoms with E-state index in [4.69, 9.17) is 5.73 Å². The van der Waals surface area contributed by atoms with Gasteiger partial charge in [0.15, 0.2) is 0 Å². The van der Waals surface area contributed by atoms with Gasteiger partial charge < -0.3 is 5.73 Å². The zero-order valence-electron chi connectivity index (χ0n) is 5.97. The van der Waals surface area contributed by atoms with E-state index >= 15 is 0 Å². The van der Waals surface area contributed by atoms with Crippen LogP contribution in [0.3, 0.4) is 0 Å². The van der Waals surface area contributed by atoms with Gasteiger partial charge in [0.1, 0.15) is 0 Å². The third-order valence-corrected chi connectivity index (χ3v) is 1.98. The lowest BCUT2D eigenvalue weighted by Crippen LogP contribution is -2.26. The summed E-state index contributed by atoms with van der Waals surface area (Å²) >= 11 is 0. The molecule has 2 atom stereocenters.